The van der Waals surface area contributed by atoms with Crippen LogP contribution in [0.5, 0.6) is 0 Å². The van der Waals surface area contributed by atoms with E-state index in [1.807, 2.05) is 48.2 Å². The molecule has 0 radical (unpaired) electrons. The average Bonchev–Trinajstić information content (AvgIpc) is 3.05. The van der Waals surface area contributed by atoms with Crippen molar-refractivity contribution in [2.24, 2.45) is 5.92 Å². The highest BCUT2D eigenvalue weighted by molar-refractivity contribution is 5.97. The van der Waals surface area contributed by atoms with Crippen molar-refractivity contribution in [3.8, 4) is 0 Å². The Labute approximate surface area is 172 Å². The number of hydrogen-bond acceptors (Lipinski definition) is 3. The number of para-hydroxylation sites is 1. The van der Waals surface area contributed by atoms with Gasteiger partial charge in [-0.3, -0.25) is 14.5 Å². The Kier molecular flexibility index (Phi) is 5.67. The summed E-state index contributed by atoms with van der Waals surface area (Å²) in [6.45, 7) is 6.09. The van der Waals surface area contributed by atoms with Crippen molar-refractivity contribution in [3.63, 3.8) is 0 Å². The fraction of sp³-hybridized carbons (Fsp3) is 0.417. The molecule has 1 fully saturated rings. The minimum absolute atomic E-state index is 0.000669. The molecule has 4 rings (SSSR count). The number of fused-ring (bicyclic) bond motifs is 1. The van der Waals surface area contributed by atoms with Gasteiger partial charge in [0.15, 0.2) is 0 Å². The van der Waals surface area contributed by atoms with E-state index < -0.39 is 0 Å². The second-order valence-corrected chi connectivity index (χ2v) is 8.35. The van der Waals surface area contributed by atoms with Gasteiger partial charge >= 0.3 is 0 Å². The Morgan fingerprint density at radius 3 is 2.45 bits per heavy atom. The topological polar surface area (TPSA) is 52.7 Å². The van der Waals surface area contributed by atoms with Gasteiger partial charge in [0.1, 0.15) is 0 Å². The predicted octanol–water partition coefficient (Wildman–Crippen LogP) is 3.62. The first-order valence-electron chi connectivity index (χ1n) is 10.5. The van der Waals surface area contributed by atoms with Gasteiger partial charge < -0.3 is 10.2 Å². The van der Waals surface area contributed by atoms with Crippen LogP contribution in [-0.4, -0.2) is 42.4 Å². The van der Waals surface area contributed by atoms with Gasteiger partial charge in [0.2, 0.25) is 11.8 Å². The molecule has 2 heterocycles. The van der Waals surface area contributed by atoms with Gasteiger partial charge in [-0.25, -0.2) is 0 Å². The van der Waals surface area contributed by atoms with E-state index in [0.717, 1.165) is 43.7 Å². The molecule has 0 aromatic heterocycles. The highest BCUT2D eigenvalue weighted by Crippen LogP contribution is 2.34. The van der Waals surface area contributed by atoms with Crippen LogP contribution in [0.15, 0.2) is 48.5 Å². The fourth-order valence-corrected chi connectivity index (χ4v) is 4.48. The zero-order chi connectivity index (χ0) is 20.4. The summed E-state index contributed by atoms with van der Waals surface area (Å²) < 4.78 is 0. The first-order chi connectivity index (χ1) is 14.0. The van der Waals surface area contributed by atoms with Crippen molar-refractivity contribution in [2.75, 3.05) is 29.9 Å². The molecule has 2 amide bonds. The van der Waals surface area contributed by atoms with Crippen LogP contribution in [0.1, 0.15) is 30.9 Å². The zero-order valence-corrected chi connectivity index (χ0v) is 17.2. The van der Waals surface area contributed by atoms with Gasteiger partial charge in [0, 0.05) is 23.3 Å². The maximum atomic E-state index is 13.2. The lowest BCUT2D eigenvalue weighted by atomic mass is 9.94. The molecule has 0 saturated carbocycles. The van der Waals surface area contributed by atoms with E-state index in [1.54, 1.807) is 0 Å². The molecule has 0 bridgehead atoms. The van der Waals surface area contributed by atoms with Gasteiger partial charge in [0.25, 0.3) is 0 Å². The molecule has 5 nitrogen and oxygen atoms in total. The second kappa shape index (κ2) is 8.37. The van der Waals surface area contributed by atoms with E-state index in [-0.39, 0.29) is 23.8 Å². The monoisotopic (exact) mass is 391 g/mol. The Morgan fingerprint density at radius 2 is 1.72 bits per heavy atom. The lowest BCUT2D eigenvalue weighted by molar-refractivity contribution is -0.124. The van der Waals surface area contributed by atoms with Crippen LogP contribution in [0.2, 0.25) is 0 Å². The van der Waals surface area contributed by atoms with Crippen LogP contribution in [0.4, 0.5) is 11.4 Å². The quantitative estimate of drug-likeness (QED) is 0.866. The number of amides is 2. The standard InChI is InChI=1S/C24H29N3O2/c1-17-7-9-21(10-8-17)25-23(28)16-26-13-11-19(12-14-26)24(29)27-18(2)15-20-5-3-4-6-22(20)27/h3-10,18-19H,11-16H2,1-2H3,(H,25,28). The molecular weight excluding hydrogens is 362 g/mol. The Bertz CT molecular complexity index is 885. The molecule has 29 heavy (non-hydrogen) atoms. The van der Waals surface area contributed by atoms with Gasteiger partial charge in [0.05, 0.1) is 6.54 Å². The van der Waals surface area contributed by atoms with Crippen molar-refractivity contribution in [1.29, 1.82) is 0 Å². The van der Waals surface area contributed by atoms with Gasteiger partial charge in [-0.05, 0) is 70.0 Å². The number of carbonyl (C=O) groups excluding carboxylic acids is 2. The van der Waals surface area contributed by atoms with Crippen LogP contribution < -0.4 is 10.2 Å². The Hall–Kier alpha value is -2.66. The molecule has 152 valence electrons. The summed E-state index contributed by atoms with van der Waals surface area (Å²) in [5, 5.41) is 2.96. The summed E-state index contributed by atoms with van der Waals surface area (Å²) in [4.78, 5) is 29.7. The molecule has 1 unspecified atom stereocenters. The first-order valence-corrected chi connectivity index (χ1v) is 10.5. The molecule has 1 atom stereocenters. The average molecular weight is 392 g/mol. The van der Waals surface area contributed by atoms with Crippen LogP contribution in [-0.2, 0) is 16.0 Å². The molecule has 2 aliphatic heterocycles. The second-order valence-electron chi connectivity index (χ2n) is 8.35. The van der Waals surface area contributed by atoms with Crippen molar-refractivity contribution in [2.45, 2.75) is 39.2 Å². The molecule has 2 aliphatic rings. The third kappa shape index (κ3) is 4.35. The number of carbonyl (C=O) groups is 2. The van der Waals surface area contributed by atoms with Crippen LogP contribution in [0.25, 0.3) is 0 Å². The number of hydrogen-bond donors (Lipinski definition) is 1. The summed E-state index contributed by atoms with van der Waals surface area (Å²) in [7, 11) is 0. The molecule has 1 saturated heterocycles. The van der Waals surface area contributed by atoms with Crippen molar-refractivity contribution in [3.05, 3.63) is 59.7 Å². The third-order valence-corrected chi connectivity index (χ3v) is 6.08. The highest BCUT2D eigenvalue weighted by Gasteiger charge is 2.36. The molecule has 5 heteroatoms. The molecular formula is C24H29N3O2. The van der Waals surface area contributed by atoms with Crippen LogP contribution in [0, 0.1) is 12.8 Å². The fourth-order valence-electron chi connectivity index (χ4n) is 4.48. The lowest BCUT2D eigenvalue weighted by Gasteiger charge is -2.34. The minimum Gasteiger partial charge on any atom is -0.325 e. The van der Waals surface area contributed by atoms with Crippen LogP contribution >= 0.6 is 0 Å². The van der Waals surface area contributed by atoms with Crippen molar-refractivity contribution < 1.29 is 9.59 Å². The van der Waals surface area contributed by atoms with Crippen LogP contribution in [0.3, 0.4) is 0 Å². The van der Waals surface area contributed by atoms with Crippen molar-refractivity contribution >= 4 is 23.2 Å². The van der Waals surface area contributed by atoms with E-state index in [2.05, 4.69) is 29.3 Å². The maximum Gasteiger partial charge on any atom is 0.238 e. The van der Waals surface area contributed by atoms with Gasteiger partial charge in [-0.1, -0.05) is 35.9 Å². The molecule has 0 aliphatic carbocycles. The number of aryl methyl sites for hydroxylation is 1. The number of likely N-dealkylation sites (tertiary alicyclic amines) is 1. The molecule has 1 N–H and O–H groups in total. The largest absolute Gasteiger partial charge is 0.325 e. The summed E-state index contributed by atoms with van der Waals surface area (Å²) >= 11 is 0. The third-order valence-electron chi connectivity index (χ3n) is 6.08. The van der Waals surface area contributed by atoms with E-state index >= 15 is 0 Å². The van der Waals surface area contributed by atoms with Gasteiger partial charge in [-0.2, -0.15) is 0 Å². The number of nitrogens with one attached hydrogen (secondary N) is 1. The highest BCUT2D eigenvalue weighted by atomic mass is 16.2. The summed E-state index contributed by atoms with van der Waals surface area (Å²) in [5.74, 6) is 0.284. The van der Waals surface area contributed by atoms with Gasteiger partial charge in [-0.15, -0.1) is 0 Å². The smallest absolute Gasteiger partial charge is 0.238 e. The SMILES string of the molecule is Cc1ccc(NC(=O)CN2CCC(C(=O)N3c4ccccc4CC3C)CC2)cc1. The Morgan fingerprint density at radius 1 is 1.03 bits per heavy atom. The Balaban J connectivity index is 1.30. The number of rotatable bonds is 4. The lowest BCUT2D eigenvalue weighted by Crippen LogP contribution is -2.46. The van der Waals surface area contributed by atoms with E-state index in [9.17, 15) is 9.59 Å². The number of anilines is 2. The summed E-state index contributed by atoms with van der Waals surface area (Å²) in [6, 6.07) is 16.3. The van der Waals surface area contributed by atoms with E-state index in [4.69, 9.17) is 0 Å². The first kappa shape index (κ1) is 19.6. The number of benzene rings is 2. The molecule has 2 aromatic rings. The minimum atomic E-state index is 0.000669. The summed E-state index contributed by atoms with van der Waals surface area (Å²) in [6.07, 6.45) is 2.55. The van der Waals surface area contributed by atoms with E-state index in [0.29, 0.717) is 6.54 Å². The van der Waals surface area contributed by atoms with Crippen molar-refractivity contribution in [1.82, 2.24) is 4.90 Å². The normalized spacial score (nSPS) is 19.8. The zero-order valence-electron chi connectivity index (χ0n) is 17.2. The summed E-state index contributed by atoms with van der Waals surface area (Å²) in [5.41, 5.74) is 4.33. The maximum absolute atomic E-state index is 13.2. The molecule has 2 aromatic carbocycles. The number of piperidine rings is 1. The van der Waals surface area contributed by atoms with E-state index in [1.165, 1.54) is 11.1 Å². The number of nitrogens with zero attached hydrogens (tertiary/aromatic N) is 2. The molecule has 0 spiro atoms. The predicted molar refractivity (Wildman–Crippen MR) is 116 cm³/mol.